The molecule has 1 aliphatic rings. The summed E-state index contributed by atoms with van der Waals surface area (Å²) in [4.78, 5) is 0.268. The minimum absolute atomic E-state index is 0.216. The lowest BCUT2D eigenvalue weighted by Gasteiger charge is -2.09. The van der Waals surface area contributed by atoms with Crippen LogP contribution in [-0.4, -0.2) is 43.2 Å². The lowest BCUT2D eigenvalue weighted by molar-refractivity contribution is 0.174. The second kappa shape index (κ2) is 14.5. The summed E-state index contributed by atoms with van der Waals surface area (Å²) in [6.07, 6.45) is 1.61. The largest absolute Gasteiger partial charge is 0.493 e. The average molecular weight is 736 g/mol. The summed E-state index contributed by atoms with van der Waals surface area (Å²) in [5.74, 6) is 2.83. The lowest BCUT2D eigenvalue weighted by atomic mass is 10.0. The SMILES string of the molecule is COc1ccc(-c2nn(Cc3ccccc3)c3ccccc23)cc1OC.Cc1ccc(S(=O)(=O)n2ccc3c(-c4ccc5c(c4)OCO5)cccc32)cc1. The van der Waals surface area contributed by atoms with Gasteiger partial charge in [0.15, 0.2) is 23.0 Å². The van der Waals surface area contributed by atoms with Crippen molar-refractivity contribution in [3.63, 3.8) is 0 Å². The Hall–Kier alpha value is -6.52. The van der Waals surface area contributed by atoms with E-state index in [-0.39, 0.29) is 11.7 Å². The fraction of sp³-hybridized carbons (Fsp3) is 0.114. The highest BCUT2D eigenvalue weighted by Crippen LogP contribution is 2.39. The van der Waals surface area contributed by atoms with E-state index < -0.39 is 10.0 Å². The fourth-order valence-corrected chi connectivity index (χ4v) is 8.04. The third-order valence-corrected chi connectivity index (χ3v) is 11.2. The summed E-state index contributed by atoms with van der Waals surface area (Å²) >= 11 is 0. The third kappa shape index (κ3) is 6.52. The molecule has 54 heavy (non-hydrogen) atoms. The molecule has 0 atom stereocenters. The van der Waals surface area contributed by atoms with Crippen molar-refractivity contribution in [1.29, 1.82) is 0 Å². The highest BCUT2D eigenvalue weighted by Gasteiger charge is 2.21. The van der Waals surface area contributed by atoms with Gasteiger partial charge in [0.1, 0.15) is 5.69 Å². The first-order valence-corrected chi connectivity index (χ1v) is 18.8. The van der Waals surface area contributed by atoms with Crippen LogP contribution in [0.1, 0.15) is 11.1 Å². The van der Waals surface area contributed by atoms with E-state index in [2.05, 4.69) is 41.1 Å². The molecule has 0 radical (unpaired) electrons. The van der Waals surface area contributed by atoms with E-state index in [1.165, 1.54) is 9.54 Å². The second-order valence-electron chi connectivity index (χ2n) is 12.8. The van der Waals surface area contributed by atoms with E-state index in [0.717, 1.165) is 56.5 Å². The van der Waals surface area contributed by atoms with Crippen molar-refractivity contribution in [3.05, 3.63) is 157 Å². The number of methoxy groups -OCH3 is 2. The minimum Gasteiger partial charge on any atom is -0.493 e. The first kappa shape index (κ1) is 34.6. The van der Waals surface area contributed by atoms with Crippen LogP contribution in [0.5, 0.6) is 23.0 Å². The Labute approximate surface area is 313 Å². The molecule has 2 aromatic heterocycles. The van der Waals surface area contributed by atoms with Crippen molar-refractivity contribution in [2.75, 3.05) is 21.0 Å². The van der Waals surface area contributed by atoms with Gasteiger partial charge in [-0.05, 0) is 84.3 Å². The van der Waals surface area contributed by atoms with Gasteiger partial charge in [0.25, 0.3) is 10.0 Å². The molecule has 0 amide bonds. The van der Waals surface area contributed by atoms with E-state index >= 15 is 0 Å². The monoisotopic (exact) mass is 735 g/mol. The van der Waals surface area contributed by atoms with Crippen molar-refractivity contribution in [2.45, 2.75) is 18.4 Å². The number of rotatable bonds is 8. The first-order valence-electron chi connectivity index (χ1n) is 17.4. The number of aromatic nitrogens is 3. The van der Waals surface area contributed by atoms with Gasteiger partial charge in [-0.3, -0.25) is 4.68 Å². The summed E-state index contributed by atoms with van der Waals surface area (Å²) in [5, 5.41) is 6.89. The zero-order valence-electron chi connectivity index (χ0n) is 30.0. The summed E-state index contributed by atoms with van der Waals surface area (Å²) in [5.41, 5.74) is 7.81. The smallest absolute Gasteiger partial charge is 0.268 e. The molecule has 0 saturated heterocycles. The van der Waals surface area contributed by atoms with Crippen molar-refractivity contribution in [1.82, 2.24) is 13.8 Å². The zero-order valence-corrected chi connectivity index (χ0v) is 30.8. The molecule has 0 bridgehead atoms. The highest BCUT2D eigenvalue weighted by molar-refractivity contribution is 7.90. The summed E-state index contributed by atoms with van der Waals surface area (Å²) < 4.78 is 51.3. The van der Waals surface area contributed by atoms with Gasteiger partial charge in [0, 0.05) is 22.5 Å². The lowest BCUT2D eigenvalue weighted by Crippen LogP contribution is -2.11. The zero-order chi connectivity index (χ0) is 37.2. The number of aryl methyl sites for hydroxylation is 1. The molecule has 8 aromatic rings. The molecular weight excluding hydrogens is 699 g/mol. The van der Waals surface area contributed by atoms with E-state index in [1.807, 2.05) is 85.8 Å². The Morgan fingerprint density at radius 2 is 1.39 bits per heavy atom. The van der Waals surface area contributed by atoms with Gasteiger partial charge in [0.05, 0.1) is 36.7 Å². The second-order valence-corrected chi connectivity index (χ2v) is 14.6. The first-order chi connectivity index (χ1) is 26.3. The van der Waals surface area contributed by atoms with Gasteiger partial charge in [-0.2, -0.15) is 5.10 Å². The molecule has 0 fully saturated rings. The third-order valence-electron chi connectivity index (χ3n) is 9.45. The molecule has 10 heteroatoms. The van der Waals surface area contributed by atoms with Crippen LogP contribution in [0, 0.1) is 6.92 Å². The molecule has 0 saturated carbocycles. The van der Waals surface area contributed by atoms with Crippen molar-refractivity contribution >= 4 is 31.8 Å². The number of nitrogens with zero attached hydrogens (tertiary/aromatic N) is 3. The molecule has 0 unspecified atom stereocenters. The van der Waals surface area contributed by atoms with Crippen molar-refractivity contribution < 1.29 is 27.4 Å². The van der Waals surface area contributed by atoms with Crippen LogP contribution in [0.2, 0.25) is 0 Å². The molecule has 0 spiro atoms. The maximum absolute atomic E-state index is 13.1. The van der Waals surface area contributed by atoms with Gasteiger partial charge in [-0.1, -0.05) is 84.4 Å². The van der Waals surface area contributed by atoms with Crippen molar-refractivity contribution in [3.8, 4) is 45.4 Å². The van der Waals surface area contributed by atoms with Crippen LogP contribution in [0.4, 0.5) is 0 Å². The fourth-order valence-electron chi connectivity index (χ4n) is 6.69. The topological polar surface area (TPSA) is 93.8 Å². The molecule has 270 valence electrons. The normalized spacial score (nSPS) is 12.1. The van der Waals surface area contributed by atoms with Crippen LogP contribution in [0.25, 0.3) is 44.2 Å². The predicted octanol–water partition coefficient (Wildman–Crippen LogP) is 9.35. The predicted molar refractivity (Wildman–Crippen MR) is 211 cm³/mol. The molecule has 1 aliphatic heterocycles. The quantitative estimate of drug-likeness (QED) is 0.154. The van der Waals surface area contributed by atoms with Crippen LogP contribution in [0.3, 0.4) is 0 Å². The molecule has 3 heterocycles. The molecule has 0 N–H and O–H groups in total. The standard InChI is InChI=1S/C22H20N2O2.C22H17NO4S/c1-25-20-13-12-17(14-21(20)26-2)22-18-10-6-7-11-19(18)24(23-22)15-16-8-4-3-5-9-16;1-15-5-8-17(9-6-15)28(24,25)23-12-11-19-18(3-2-4-20(19)23)16-7-10-21-22(13-16)27-14-26-21/h3-14H,15H2,1-2H3;2-13H,14H2,1H3. The molecule has 9 rings (SSSR count). The van der Waals surface area contributed by atoms with E-state index in [0.29, 0.717) is 22.8 Å². The van der Waals surface area contributed by atoms with E-state index in [9.17, 15) is 8.42 Å². The molecule has 9 nitrogen and oxygen atoms in total. The van der Waals surface area contributed by atoms with E-state index in [4.69, 9.17) is 24.0 Å². The molecular formula is C44H37N3O6S. The Bertz CT molecular complexity index is 2720. The Morgan fingerprint density at radius 1 is 0.667 bits per heavy atom. The maximum Gasteiger partial charge on any atom is 0.268 e. The Kier molecular flexibility index (Phi) is 9.27. The number of ether oxygens (including phenoxy) is 4. The van der Waals surface area contributed by atoms with Gasteiger partial charge < -0.3 is 18.9 Å². The maximum atomic E-state index is 13.1. The Morgan fingerprint density at radius 3 is 2.19 bits per heavy atom. The van der Waals surface area contributed by atoms with Crippen molar-refractivity contribution in [2.24, 2.45) is 0 Å². The van der Waals surface area contributed by atoms with E-state index in [1.54, 1.807) is 44.7 Å². The summed E-state index contributed by atoms with van der Waals surface area (Å²) in [6, 6.07) is 44.7. The van der Waals surface area contributed by atoms with Crippen LogP contribution in [-0.2, 0) is 16.6 Å². The number of para-hydroxylation sites is 1. The average Bonchev–Trinajstić information content (AvgIpc) is 3.96. The number of hydrogen-bond acceptors (Lipinski definition) is 7. The molecule has 0 aliphatic carbocycles. The summed E-state index contributed by atoms with van der Waals surface area (Å²) in [6.45, 7) is 2.88. The van der Waals surface area contributed by atoms with Crippen LogP contribution < -0.4 is 18.9 Å². The number of fused-ring (bicyclic) bond motifs is 3. The summed E-state index contributed by atoms with van der Waals surface area (Å²) in [7, 11) is -0.389. The van der Waals surface area contributed by atoms with Gasteiger partial charge >= 0.3 is 0 Å². The van der Waals surface area contributed by atoms with Gasteiger partial charge in [-0.25, -0.2) is 12.4 Å². The number of hydrogen-bond donors (Lipinski definition) is 0. The number of benzene rings is 6. The highest BCUT2D eigenvalue weighted by atomic mass is 32.2. The van der Waals surface area contributed by atoms with Crippen LogP contribution in [0.15, 0.2) is 151 Å². The Balaban J connectivity index is 0.000000154. The van der Waals surface area contributed by atoms with Gasteiger partial charge in [-0.15, -0.1) is 0 Å². The van der Waals surface area contributed by atoms with Crippen LogP contribution >= 0.6 is 0 Å². The van der Waals surface area contributed by atoms with Gasteiger partial charge in [0.2, 0.25) is 6.79 Å². The minimum atomic E-state index is -3.68. The molecule has 6 aromatic carbocycles.